The van der Waals surface area contributed by atoms with E-state index < -0.39 is 0 Å². The van der Waals surface area contributed by atoms with Crippen LogP contribution in [0.3, 0.4) is 0 Å². The number of amides is 1. The zero-order chi connectivity index (χ0) is 16.5. The number of rotatable bonds is 3. The molecule has 0 bridgehead atoms. The SMILES string of the molecule is CCn1nnc2cc(C(=O)Nc3cnc4ccccc4c3)ccc21. The summed E-state index contributed by atoms with van der Waals surface area (Å²) in [5, 5.41) is 12.0. The lowest BCUT2D eigenvalue weighted by Gasteiger charge is -2.06. The van der Waals surface area contributed by atoms with Crippen LogP contribution >= 0.6 is 0 Å². The molecular weight excluding hydrogens is 302 g/mol. The molecule has 0 unspecified atom stereocenters. The van der Waals surface area contributed by atoms with Crippen molar-refractivity contribution in [1.82, 2.24) is 20.0 Å². The quantitative estimate of drug-likeness (QED) is 0.629. The molecule has 0 spiro atoms. The number of pyridine rings is 1. The maximum absolute atomic E-state index is 12.5. The van der Waals surface area contributed by atoms with Crippen molar-refractivity contribution in [2.75, 3.05) is 5.32 Å². The van der Waals surface area contributed by atoms with Gasteiger partial charge in [0.15, 0.2) is 0 Å². The van der Waals surface area contributed by atoms with Gasteiger partial charge >= 0.3 is 0 Å². The minimum atomic E-state index is -0.194. The van der Waals surface area contributed by atoms with Crippen LogP contribution in [0.2, 0.25) is 0 Å². The number of anilines is 1. The third kappa shape index (κ3) is 2.48. The summed E-state index contributed by atoms with van der Waals surface area (Å²) in [7, 11) is 0. The first-order chi connectivity index (χ1) is 11.7. The third-order valence-corrected chi connectivity index (χ3v) is 3.92. The molecule has 0 atom stereocenters. The first-order valence-corrected chi connectivity index (χ1v) is 7.74. The van der Waals surface area contributed by atoms with Gasteiger partial charge in [-0.3, -0.25) is 9.78 Å². The topological polar surface area (TPSA) is 72.7 Å². The van der Waals surface area contributed by atoms with E-state index in [2.05, 4.69) is 20.6 Å². The van der Waals surface area contributed by atoms with Crippen molar-refractivity contribution in [2.24, 2.45) is 0 Å². The Morgan fingerprint density at radius 1 is 1.12 bits per heavy atom. The van der Waals surface area contributed by atoms with Crippen LogP contribution < -0.4 is 5.32 Å². The van der Waals surface area contributed by atoms with Crippen molar-refractivity contribution in [2.45, 2.75) is 13.5 Å². The summed E-state index contributed by atoms with van der Waals surface area (Å²) in [5.41, 5.74) is 3.73. The smallest absolute Gasteiger partial charge is 0.255 e. The molecule has 0 aliphatic carbocycles. The Kier molecular flexibility index (Phi) is 3.42. The summed E-state index contributed by atoms with van der Waals surface area (Å²) in [4.78, 5) is 16.8. The van der Waals surface area contributed by atoms with Crippen LogP contribution in [0.1, 0.15) is 17.3 Å². The average molecular weight is 317 g/mol. The van der Waals surface area contributed by atoms with Gasteiger partial charge in [-0.25, -0.2) is 4.68 Å². The summed E-state index contributed by atoms with van der Waals surface area (Å²) >= 11 is 0. The number of carbonyl (C=O) groups is 1. The van der Waals surface area contributed by atoms with Crippen LogP contribution in [-0.4, -0.2) is 25.9 Å². The Morgan fingerprint density at radius 2 is 2.00 bits per heavy atom. The predicted octanol–water partition coefficient (Wildman–Crippen LogP) is 3.25. The average Bonchev–Trinajstić information content (AvgIpc) is 3.04. The Bertz CT molecular complexity index is 1050. The first kappa shape index (κ1) is 14.3. The molecule has 1 amide bonds. The Hall–Kier alpha value is -3.28. The maximum Gasteiger partial charge on any atom is 0.255 e. The van der Waals surface area contributed by atoms with Crippen LogP contribution in [0.5, 0.6) is 0 Å². The molecule has 1 N–H and O–H groups in total. The second-order valence-electron chi connectivity index (χ2n) is 5.48. The molecule has 4 rings (SSSR count). The van der Waals surface area contributed by atoms with E-state index in [9.17, 15) is 4.79 Å². The summed E-state index contributed by atoms with van der Waals surface area (Å²) in [6, 6.07) is 15.1. The van der Waals surface area contributed by atoms with E-state index in [0.29, 0.717) is 16.8 Å². The molecule has 6 heteroatoms. The lowest BCUT2D eigenvalue weighted by Crippen LogP contribution is -2.12. The van der Waals surface area contributed by atoms with Gasteiger partial charge in [-0.2, -0.15) is 0 Å². The number of para-hydroxylation sites is 1. The molecule has 2 aromatic heterocycles. The summed E-state index contributed by atoms with van der Waals surface area (Å²) < 4.78 is 1.80. The minimum absolute atomic E-state index is 0.194. The highest BCUT2D eigenvalue weighted by Gasteiger charge is 2.10. The van der Waals surface area contributed by atoms with Crippen molar-refractivity contribution < 1.29 is 4.79 Å². The second-order valence-corrected chi connectivity index (χ2v) is 5.48. The van der Waals surface area contributed by atoms with Gasteiger partial charge in [-0.15, -0.1) is 5.10 Å². The van der Waals surface area contributed by atoms with Crippen LogP contribution in [0.4, 0.5) is 5.69 Å². The van der Waals surface area contributed by atoms with Crippen molar-refractivity contribution in [3.05, 3.63) is 60.3 Å². The van der Waals surface area contributed by atoms with E-state index in [1.165, 1.54) is 0 Å². The molecular formula is C18H15N5O. The fourth-order valence-corrected chi connectivity index (χ4v) is 2.69. The molecule has 0 aliphatic heterocycles. The maximum atomic E-state index is 12.5. The van der Waals surface area contributed by atoms with Crippen molar-refractivity contribution >= 4 is 33.5 Å². The highest BCUT2D eigenvalue weighted by Crippen LogP contribution is 2.18. The number of aryl methyl sites for hydroxylation is 1. The molecule has 0 fully saturated rings. The highest BCUT2D eigenvalue weighted by molar-refractivity contribution is 6.06. The minimum Gasteiger partial charge on any atom is -0.321 e. The van der Waals surface area contributed by atoms with Crippen LogP contribution in [0.25, 0.3) is 21.9 Å². The van der Waals surface area contributed by atoms with Crippen molar-refractivity contribution in [3.63, 3.8) is 0 Å². The van der Waals surface area contributed by atoms with E-state index in [-0.39, 0.29) is 5.91 Å². The number of benzene rings is 2. The number of hydrogen-bond acceptors (Lipinski definition) is 4. The van der Waals surface area contributed by atoms with Gasteiger partial charge < -0.3 is 5.32 Å². The van der Waals surface area contributed by atoms with Gasteiger partial charge in [-0.05, 0) is 37.3 Å². The number of aromatic nitrogens is 4. The number of carbonyl (C=O) groups excluding carboxylic acids is 1. The van der Waals surface area contributed by atoms with Crippen LogP contribution in [-0.2, 0) is 6.54 Å². The molecule has 2 heterocycles. The van der Waals surface area contributed by atoms with Crippen molar-refractivity contribution in [3.8, 4) is 0 Å². The fraction of sp³-hybridized carbons (Fsp3) is 0.111. The van der Waals surface area contributed by atoms with E-state index in [1.54, 1.807) is 23.0 Å². The molecule has 2 aromatic carbocycles. The highest BCUT2D eigenvalue weighted by atomic mass is 16.1. The number of hydrogen-bond donors (Lipinski definition) is 1. The van der Waals surface area contributed by atoms with E-state index in [0.717, 1.165) is 23.0 Å². The number of fused-ring (bicyclic) bond motifs is 2. The largest absolute Gasteiger partial charge is 0.321 e. The molecule has 0 saturated heterocycles. The fourth-order valence-electron chi connectivity index (χ4n) is 2.69. The Morgan fingerprint density at radius 3 is 2.88 bits per heavy atom. The first-order valence-electron chi connectivity index (χ1n) is 7.74. The summed E-state index contributed by atoms with van der Waals surface area (Å²) in [6.07, 6.45) is 1.66. The van der Waals surface area contributed by atoms with Gasteiger partial charge in [0.1, 0.15) is 5.52 Å². The summed E-state index contributed by atoms with van der Waals surface area (Å²) in [6.45, 7) is 2.74. The number of nitrogens with one attached hydrogen (secondary N) is 1. The van der Waals surface area contributed by atoms with Gasteiger partial charge in [0.05, 0.1) is 22.9 Å². The molecule has 118 valence electrons. The second kappa shape index (κ2) is 5.73. The predicted molar refractivity (Wildman–Crippen MR) is 92.9 cm³/mol. The van der Waals surface area contributed by atoms with Gasteiger partial charge in [0, 0.05) is 17.5 Å². The molecule has 0 radical (unpaired) electrons. The monoisotopic (exact) mass is 317 g/mol. The van der Waals surface area contributed by atoms with E-state index >= 15 is 0 Å². The van der Waals surface area contributed by atoms with Gasteiger partial charge in [-0.1, -0.05) is 23.4 Å². The van der Waals surface area contributed by atoms with Crippen LogP contribution in [0.15, 0.2) is 54.7 Å². The number of nitrogens with zero attached hydrogens (tertiary/aromatic N) is 4. The van der Waals surface area contributed by atoms with Gasteiger partial charge in [0.2, 0.25) is 0 Å². The van der Waals surface area contributed by atoms with Crippen LogP contribution in [0, 0.1) is 0 Å². The lowest BCUT2D eigenvalue weighted by molar-refractivity contribution is 0.102. The Balaban J connectivity index is 1.62. The summed E-state index contributed by atoms with van der Waals surface area (Å²) in [5.74, 6) is -0.194. The zero-order valence-corrected chi connectivity index (χ0v) is 13.1. The molecule has 0 aliphatic rings. The molecule has 24 heavy (non-hydrogen) atoms. The zero-order valence-electron chi connectivity index (χ0n) is 13.1. The molecule has 6 nitrogen and oxygen atoms in total. The normalized spacial score (nSPS) is 11.0. The lowest BCUT2D eigenvalue weighted by atomic mass is 10.1. The molecule has 0 saturated carbocycles. The van der Waals surface area contributed by atoms with E-state index in [1.807, 2.05) is 43.3 Å². The standard InChI is InChI=1S/C18H15N5O/c1-2-23-17-8-7-13(10-16(17)21-22-23)18(24)20-14-9-12-5-3-4-6-15(12)19-11-14/h3-11H,2H2,1H3,(H,20,24). The van der Waals surface area contributed by atoms with Gasteiger partial charge in [0.25, 0.3) is 5.91 Å². The van der Waals surface area contributed by atoms with E-state index in [4.69, 9.17) is 0 Å². The Labute approximate surface area is 138 Å². The third-order valence-electron chi connectivity index (χ3n) is 3.92. The molecule has 4 aromatic rings. The van der Waals surface area contributed by atoms with Crippen molar-refractivity contribution in [1.29, 1.82) is 0 Å².